The van der Waals surface area contributed by atoms with Crippen LogP contribution in [-0.2, 0) is 9.47 Å². The second kappa shape index (κ2) is 8.97. The summed E-state index contributed by atoms with van der Waals surface area (Å²) in [5, 5.41) is 3.47. The predicted octanol–water partition coefficient (Wildman–Crippen LogP) is 2.21. The van der Waals surface area contributed by atoms with Crippen molar-refractivity contribution >= 4 is 0 Å². The third kappa shape index (κ3) is 6.46. The van der Waals surface area contributed by atoms with E-state index in [1.54, 1.807) is 0 Å². The van der Waals surface area contributed by atoms with Crippen molar-refractivity contribution < 1.29 is 9.47 Å². The Kier molecular flexibility index (Phi) is 7.81. The zero-order valence-corrected chi connectivity index (χ0v) is 10.8. The molecule has 0 bridgehead atoms. The molecule has 1 rings (SSSR count). The molecule has 0 aromatic rings. The van der Waals surface area contributed by atoms with Crippen LogP contribution in [-0.4, -0.2) is 39.0 Å². The molecule has 1 aliphatic carbocycles. The minimum atomic E-state index is 0.216. The monoisotopic (exact) mass is 229 g/mol. The van der Waals surface area contributed by atoms with E-state index >= 15 is 0 Å². The van der Waals surface area contributed by atoms with E-state index in [1.165, 1.54) is 32.2 Å². The van der Waals surface area contributed by atoms with Gasteiger partial charge in [-0.05, 0) is 39.2 Å². The highest BCUT2D eigenvalue weighted by Gasteiger charge is 2.13. The maximum Gasteiger partial charge on any atom is 0.0781 e. The standard InChI is InChI=1S/C13H27NO2/c1-3-15-11-12(2)16-9-8-14-10-13-6-4-5-7-13/h12-14H,3-11H2,1-2H3. The molecular formula is C13H27NO2. The fourth-order valence-corrected chi connectivity index (χ4v) is 2.18. The van der Waals surface area contributed by atoms with Crippen LogP contribution in [0.2, 0.25) is 0 Å². The highest BCUT2D eigenvalue weighted by Crippen LogP contribution is 2.23. The number of ether oxygens (including phenoxy) is 2. The molecule has 96 valence electrons. The molecule has 1 aliphatic rings. The van der Waals surface area contributed by atoms with Gasteiger partial charge in [0.05, 0.1) is 19.3 Å². The van der Waals surface area contributed by atoms with Gasteiger partial charge in [-0.15, -0.1) is 0 Å². The van der Waals surface area contributed by atoms with Gasteiger partial charge in [0, 0.05) is 13.2 Å². The SMILES string of the molecule is CCOCC(C)OCCNCC1CCCC1. The predicted molar refractivity (Wildman–Crippen MR) is 66.7 cm³/mol. The molecule has 1 atom stereocenters. The van der Waals surface area contributed by atoms with E-state index in [9.17, 15) is 0 Å². The van der Waals surface area contributed by atoms with Crippen molar-refractivity contribution in [2.75, 3.05) is 32.9 Å². The Labute approximate surface area is 99.9 Å². The average Bonchev–Trinajstić information content (AvgIpc) is 2.79. The Bertz CT molecular complexity index is 158. The van der Waals surface area contributed by atoms with E-state index in [-0.39, 0.29) is 6.10 Å². The summed E-state index contributed by atoms with van der Waals surface area (Å²) in [6.45, 7) is 8.48. The van der Waals surface area contributed by atoms with Crippen molar-refractivity contribution in [3.05, 3.63) is 0 Å². The summed E-state index contributed by atoms with van der Waals surface area (Å²) in [6, 6.07) is 0. The van der Waals surface area contributed by atoms with Gasteiger partial charge in [0.25, 0.3) is 0 Å². The highest BCUT2D eigenvalue weighted by atomic mass is 16.5. The summed E-state index contributed by atoms with van der Waals surface area (Å²) in [7, 11) is 0. The topological polar surface area (TPSA) is 30.5 Å². The summed E-state index contributed by atoms with van der Waals surface area (Å²) >= 11 is 0. The van der Waals surface area contributed by atoms with Crippen molar-refractivity contribution in [3.8, 4) is 0 Å². The van der Waals surface area contributed by atoms with Gasteiger partial charge in [-0.1, -0.05) is 12.8 Å². The van der Waals surface area contributed by atoms with E-state index < -0.39 is 0 Å². The lowest BCUT2D eigenvalue weighted by atomic mass is 10.1. The minimum absolute atomic E-state index is 0.216. The normalized spacial score (nSPS) is 19.1. The molecule has 1 fully saturated rings. The molecule has 0 amide bonds. The molecule has 0 aromatic carbocycles. The molecule has 16 heavy (non-hydrogen) atoms. The Morgan fingerprint density at radius 1 is 1.31 bits per heavy atom. The molecule has 3 nitrogen and oxygen atoms in total. The van der Waals surface area contributed by atoms with E-state index in [0.29, 0.717) is 6.61 Å². The Morgan fingerprint density at radius 2 is 2.06 bits per heavy atom. The number of nitrogens with one attached hydrogen (secondary N) is 1. The van der Waals surface area contributed by atoms with Crippen LogP contribution in [0, 0.1) is 5.92 Å². The molecule has 0 saturated heterocycles. The molecule has 0 aromatic heterocycles. The van der Waals surface area contributed by atoms with Crippen LogP contribution in [0.25, 0.3) is 0 Å². The van der Waals surface area contributed by atoms with Gasteiger partial charge in [-0.3, -0.25) is 0 Å². The molecule has 1 unspecified atom stereocenters. The Hall–Kier alpha value is -0.120. The molecule has 0 spiro atoms. The first-order valence-corrected chi connectivity index (χ1v) is 6.73. The highest BCUT2D eigenvalue weighted by molar-refractivity contribution is 4.69. The van der Waals surface area contributed by atoms with E-state index in [2.05, 4.69) is 12.2 Å². The lowest BCUT2D eigenvalue weighted by Gasteiger charge is -2.14. The number of hydrogen-bond donors (Lipinski definition) is 1. The van der Waals surface area contributed by atoms with Crippen LogP contribution in [0.5, 0.6) is 0 Å². The molecule has 0 heterocycles. The molecular weight excluding hydrogens is 202 g/mol. The van der Waals surface area contributed by atoms with Crippen molar-refractivity contribution in [2.24, 2.45) is 5.92 Å². The lowest BCUT2D eigenvalue weighted by Crippen LogP contribution is -2.27. The third-order valence-electron chi connectivity index (χ3n) is 3.15. The fraction of sp³-hybridized carbons (Fsp3) is 1.00. The van der Waals surface area contributed by atoms with Crippen molar-refractivity contribution in [1.82, 2.24) is 5.32 Å². The van der Waals surface area contributed by atoms with Crippen LogP contribution in [0.15, 0.2) is 0 Å². The van der Waals surface area contributed by atoms with Crippen LogP contribution < -0.4 is 5.32 Å². The van der Waals surface area contributed by atoms with Gasteiger partial charge in [0.2, 0.25) is 0 Å². The summed E-state index contributed by atoms with van der Waals surface area (Å²) in [5.74, 6) is 0.917. The smallest absolute Gasteiger partial charge is 0.0781 e. The summed E-state index contributed by atoms with van der Waals surface area (Å²) in [5.41, 5.74) is 0. The van der Waals surface area contributed by atoms with E-state index in [1.807, 2.05) is 6.92 Å². The lowest BCUT2D eigenvalue weighted by molar-refractivity contribution is -0.00201. The quantitative estimate of drug-likeness (QED) is 0.615. The molecule has 3 heteroatoms. The molecule has 0 aliphatic heterocycles. The van der Waals surface area contributed by atoms with Crippen LogP contribution >= 0.6 is 0 Å². The van der Waals surface area contributed by atoms with Gasteiger partial charge >= 0.3 is 0 Å². The number of rotatable bonds is 9. The Morgan fingerprint density at radius 3 is 2.75 bits per heavy atom. The second-order valence-corrected chi connectivity index (χ2v) is 4.70. The second-order valence-electron chi connectivity index (χ2n) is 4.70. The maximum absolute atomic E-state index is 5.62. The van der Waals surface area contributed by atoms with Gasteiger partial charge in [0.1, 0.15) is 0 Å². The summed E-state index contributed by atoms with van der Waals surface area (Å²) in [4.78, 5) is 0. The van der Waals surface area contributed by atoms with Gasteiger partial charge in [-0.25, -0.2) is 0 Å². The third-order valence-corrected chi connectivity index (χ3v) is 3.15. The van der Waals surface area contributed by atoms with Gasteiger partial charge in [-0.2, -0.15) is 0 Å². The van der Waals surface area contributed by atoms with Crippen LogP contribution in [0.3, 0.4) is 0 Å². The maximum atomic E-state index is 5.62. The fourth-order valence-electron chi connectivity index (χ4n) is 2.18. The average molecular weight is 229 g/mol. The minimum Gasteiger partial charge on any atom is -0.379 e. The first-order chi connectivity index (χ1) is 7.83. The zero-order valence-electron chi connectivity index (χ0n) is 10.8. The first kappa shape index (κ1) is 13.9. The van der Waals surface area contributed by atoms with Gasteiger partial charge in [0.15, 0.2) is 0 Å². The largest absolute Gasteiger partial charge is 0.379 e. The molecule has 1 N–H and O–H groups in total. The van der Waals surface area contributed by atoms with Gasteiger partial charge < -0.3 is 14.8 Å². The van der Waals surface area contributed by atoms with E-state index in [4.69, 9.17) is 9.47 Å². The van der Waals surface area contributed by atoms with Crippen molar-refractivity contribution in [3.63, 3.8) is 0 Å². The van der Waals surface area contributed by atoms with Crippen LogP contribution in [0.1, 0.15) is 39.5 Å². The summed E-state index contributed by atoms with van der Waals surface area (Å²) in [6.07, 6.45) is 5.89. The van der Waals surface area contributed by atoms with Crippen molar-refractivity contribution in [2.45, 2.75) is 45.6 Å². The first-order valence-electron chi connectivity index (χ1n) is 6.73. The molecule has 1 saturated carbocycles. The number of hydrogen-bond acceptors (Lipinski definition) is 3. The van der Waals surface area contributed by atoms with Crippen molar-refractivity contribution in [1.29, 1.82) is 0 Å². The Balaban J connectivity index is 1.83. The van der Waals surface area contributed by atoms with Crippen LogP contribution in [0.4, 0.5) is 0 Å². The van der Waals surface area contributed by atoms with E-state index in [0.717, 1.165) is 25.7 Å². The zero-order chi connectivity index (χ0) is 11.6. The summed E-state index contributed by atoms with van der Waals surface area (Å²) < 4.78 is 10.9. The molecule has 0 radical (unpaired) electrons.